The van der Waals surface area contributed by atoms with E-state index in [1.165, 1.54) is 12.1 Å². The van der Waals surface area contributed by atoms with E-state index in [1.54, 1.807) is 0 Å². The Labute approximate surface area is 212 Å². The molecule has 0 saturated heterocycles. The van der Waals surface area contributed by atoms with E-state index in [1.807, 2.05) is 30.3 Å². The van der Waals surface area contributed by atoms with Gasteiger partial charge in [-0.15, -0.1) is 0 Å². The topological polar surface area (TPSA) is 6.48 Å². The lowest BCUT2D eigenvalue weighted by Gasteiger charge is -2.46. The molecule has 0 bridgehead atoms. The standard InChI is InChI=1S/C31H35F3N2/c1-27(2)23-13-9-10-14-24(23)28(3,4)35(27)21-17-20(31(32,33)34)18-22(19-21)36-29(5,6)25-15-11-12-16-26(25)30(36,7)8/h9-19H,1-8H3. The van der Waals surface area contributed by atoms with Crippen LogP contribution in [0, 0.1) is 0 Å². The summed E-state index contributed by atoms with van der Waals surface area (Å²) >= 11 is 0. The maximum Gasteiger partial charge on any atom is 0.416 e. The third kappa shape index (κ3) is 3.24. The second kappa shape index (κ2) is 7.30. The Morgan fingerprint density at radius 1 is 0.500 bits per heavy atom. The van der Waals surface area contributed by atoms with E-state index in [2.05, 4.69) is 89.5 Å². The number of rotatable bonds is 2. The van der Waals surface area contributed by atoms with Crippen molar-refractivity contribution >= 4 is 11.4 Å². The van der Waals surface area contributed by atoms with Crippen LogP contribution in [0.4, 0.5) is 24.5 Å². The van der Waals surface area contributed by atoms with E-state index < -0.39 is 33.9 Å². The van der Waals surface area contributed by atoms with Crippen molar-refractivity contribution in [1.29, 1.82) is 0 Å². The molecule has 5 heteroatoms. The van der Waals surface area contributed by atoms with Gasteiger partial charge in [0.05, 0.1) is 27.7 Å². The minimum absolute atomic E-state index is 0.486. The first-order chi connectivity index (χ1) is 16.5. The van der Waals surface area contributed by atoms with Gasteiger partial charge in [-0.3, -0.25) is 0 Å². The van der Waals surface area contributed by atoms with Crippen molar-refractivity contribution in [3.8, 4) is 0 Å². The molecule has 2 aliphatic heterocycles. The van der Waals surface area contributed by atoms with Gasteiger partial charge in [0, 0.05) is 11.4 Å². The van der Waals surface area contributed by atoms with Crippen molar-refractivity contribution in [2.45, 2.75) is 83.7 Å². The zero-order chi connectivity index (χ0) is 26.5. The number of hydrogen-bond donors (Lipinski definition) is 0. The average Bonchev–Trinajstić information content (AvgIpc) is 3.04. The van der Waals surface area contributed by atoms with Crippen LogP contribution in [0.1, 0.15) is 83.2 Å². The molecule has 36 heavy (non-hydrogen) atoms. The highest BCUT2D eigenvalue weighted by atomic mass is 19.4. The van der Waals surface area contributed by atoms with E-state index in [-0.39, 0.29) is 0 Å². The largest absolute Gasteiger partial charge is 0.416 e. The molecule has 0 saturated carbocycles. The summed E-state index contributed by atoms with van der Waals surface area (Å²) in [5, 5.41) is 0. The predicted octanol–water partition coefficient (Wildman–Crippen LogP) is 8.69. The van der Waals surface area contributed by atoms with Crippen LogP contribution in [0.2, 0.25) is 0 Å². The second-order valence-corrected chi connectivity index (χ2v) is 12.2. The highest BCUT2D eigenvalue weighted by molar-refractivity contribution is 5.71. The third-order valence-corrected chi connectivity index (χ3v) is 8.47. The van der Waals surface area contributed by atoms with Crippen LogP contribution >= 0.6 is 0 Å². The van der Waals surface area contributed by atoms with E-state index in [0.717, 1.165) is 22.3 Å². The van der Waals surface area contributed by atoms with Gasteiger partial charge in [-0.25, -0.2) is 0 Å². The molecular formula is C31H35F3N2. The molecule has 0 radical (unpaired) electrons. The Balaban J connectivity index is 1.76. The molecular weight excluding hydrogens is 457 g/mol. The van der Waals surface area contributed by atoms with Gasteiger partial charge in [-0.1, -0.05) is 48.5 Å². The van der Waals surface area contributed by atoms with E-state index in [9.17, 15) is 13.2 Å². The van der Waals surface area contributed by atoms with Crippen LogP contribution in [0.15, 0.2) is 66.7 Å². The lowest BCUT2D eigenvalue weighted by Crippen LogP contribution is -2.47. The van der Waals surface area contributed by atoms with Crippen LogP contribution in [-0.4, -0.2) is 0 Å². The smallest absolute Gasteiger partial charge is 0.353 e. The van der Waals surface area contributed by atoms with Crippen molar-refractivity contribution in [2.24, 2.45) is 0 Å². The predicted molar refractivity (Wildman–Crippen MR) is 141 cm³/mol. The summed E-state index contributed by atoms with van der Waals surface area (Å²) in [5.41, 5.74) is 3.16. The molecule has 3 aromatic rings. The van der Waals surface area contributed by atoms with Crippen LogP contribution in [0.5, 0.6) is 0 Å². The molecule has 0 amide bonds. The Morgan fingerprint density at radius 2 is 0.778 bits per heavy atom. The number of halogens is 3. The molecule has 2 aliphatic rings. The van der Waals surface area contributed by atoms with E-state index >= 15 is 0 Å². The normalized spacial score (nSPS) is 20.9. The molecule has 0 unspecified atom stereocenters. The highest BCUT2D eigenvalue weighted by Crippen LogP contribution is 2.56. The first-order valence-electron chi connectivity index (χ1n) is 12.5. The maximum atomic E-state index is 14.4. The van der Waals surface area contributed by atoms with Crippen LogP contribution in [0.3, 0.4) is 0 Å². The zero-order valence-electron chi connectivity index (χ0n) is 22.4. The number of alkyl halides is 3. The van der Waals surface area contributed by atoms with Crippen LogP contribution < -0.4 is 9.80 Å². The number of anilines is 2. The van der Waals surface area contributed by atoms with Crippen molar-refractivity contribution in [3.05, 3.63) is 94.5 Å². The van der Waals surface area contributed by atoms with E-state index in [4.69, 9.17) is 0 Å². The van der Waals surface area contributed by atoms with Gasteiger partial charge in [-0.2, -0.15) is 13.2 Å². The summed E-state index contributed by atoms with van der Waals surface area (Å²) < 4.78 is 43.1. The third-order valence-electron chi connectivity index (χ3n) is 8.47. The van der Waals surface area contributed by atoms with Crippen molar-refractivity contribution < 1.29 is 13.2 Å². The fraction of sp³-hybridized carbons (Fsp3) is 0.419. The van der Waals surface area contributed by atoms with Gasteiger partial charge in [0.15, 0.2) is 0 Å². The zero-order valence-corrected chi connectivity index (χ0v) is 22.4. The molecule has 0 fully saturated rings. The molecule has 0 spiro atoms. The van der Waals surface area contributed by atoms with Crippen molar-refractivity contribution in [3.63, 3.8) is 0 Å². The van der Waals surface area contributed by atoms with Crippen LogP contribution in [0.25, 0.3) is 0 Å². The van der Waals surface area contributed by atoms with Crippen molar-refractivity contribution in [2.75, 3.05) is 9.80 Å². The molecule has 2 heterocycles. The summed E-state index contributed by atoms with van der Waals surface area (Å²) in [7, 11) is 0. The molecule has 5 rings (SSSR count). The van der Waals surface area contributed by atoms with Gasteiger partial charge in [0.2, 0.25) is 0 Å². The first-order valence-corrected chi connectivity index (χ1v) is 12.5. The summed E-state index contributed by atoms with van der Waals surface area (Å²) in [6, 6.07) is 21.0. The number of nitrogens with zero attached hydrogens (tertiary/aromatic N) is 2. The number of benzene rings is 3. The molecule has 0 N–H and O–H groups in total. The molecule has 0 aromatic heterocycles. The summed E-state index contributed by atoms with van der Waals surface area (Å²) in [6.07, 6.45) is -4.47. The van der Waals surface area contributed by atoms with Gasteiger partial charge in [0.25, 0.3) is 0 Å². The fourth-order valence-electron chi connectivity index (χ4n) is 7.29. The van der Waals surface area contributed by atoms with Gasteiger partial charge < -0.3 is 9.80 Å². The molecule has 2 nitrogen and oxygen atoms in total. The van der Waals surface area contributed by atoms with Gasteiger partial charge in [0.1, 0.15) is 0 Å². The second-order valence-electron chi connectivity index (χ2n) is 12.2. The van der Waals surface area contributed by atoms with Crippen molar-refractivity contribution in [1.82, 2.24) is 0 Å². The molecule has 0 atom stereocenters. The molecule has 3 aromatic carbocycles. The summed E-state index contributed by atoms with van der Waals surface area (Å²) in [5.74, 6) is 0. The van der Waals surface area contributed by atoms with E-state index in [0.29, 0.717) is 11.4 Å². The SMILES string of the molecule is CC1(C)c2ccccc2C(C)(C)N1c1cc(N2C(C)(C)c3ccccc3C2(C)C)cc(C(F)(F)F)c1. The monoisotopic (exact) mass is 492 g/mol. The Kier molecular flexibility index (Phi) is 5.02. The Hall–Kier alpha value is -2.95. The minimum atomic E-state index is -4.47. The van der Waals surface area contributed by atoms with Gasteiger partial charge in [-0.05, 0) is 95.8 Å². The molecule has 190 valence electrons. The quantitative estimate of drug-likeness (QED) is 0.353. The van der Waals surface area contributed by atoms with Crippen LogP contribution in [-0.2, 0) is 28.3 Å². The lowest BCUT2D eigenvalue weighted by molar-refractivity contribution is -0.137. The number of hydrogen-bond acceptors (Lipinski definition) is 2. The minimum Gasteiger partial charge on any atom is -0.353 e. The molecule has 0 aliphatic carbocycles. The lowest BCUT2D eigenvalue weighted by atomic mass is 9.91. The number of fused-ring (bicyclic) bond motifs is 2. The maximum absolute atomic E-state index is 14.4. The fourth-order valence-corrected chi connectivity index (χ4v) is 7.29. The Bertz CT molecular complexity index is 1180. The summed E-state index contributed by atoms with van der Waals surface area (Å²) in [4.78, 5) is 4.32. The Morgan fingerprint density at radius 3 is 1.03 bits per heavy atom. The highest BCUT2D eigenvalue weighted by Gasteiger charge is 2.52. The first kappa shape index (κ1) is 24.7. The average molecular weight is 493 g/mol. The summed E-state index contributed by atoms with van der Waals surface area (Å²) in [6.45, 7) is 16.8. The van der Waals surface area contributed by atoms with Gasteiger partial charge >= 0.3 is 6.18 Å².